The lowest BCUT2D eigenvalue weighted by molar-refractivity contribution is 0.392. The minimum atomic E-state index is 0.0377. The van der Waals surface area contributed by atoms with E-state index in [0.29, 0.717) is 12.4 Å². The average Bonchev–Trinajstić information content (AvgIpc) is 2.61. The van der Waals surface area contributed by atoms with Gasteiger partial charge < -0.3 is 9.84 Å². The molecule has 0 aliphatic heterocycles. The highest BCUT2D eigenvalue weighted by atomic mass is 35.5. The molecule has 2 rings (SSSR count). The lowest BCUT2D eigenvalue weighted by Gasteiger charge is -2.05. The molecular formula is C9H9Cl2N5O. The molecule has 0 saturated carbocycles. The van der Waals surface area contributed by atoms with Gasteiger partial charge in [-0.2, -0.15) is 4.98 Å². The van der Waals surface area contributed by atoms with Crippen LogP contribution in [0.5, 0.6) is 0 Å². The van der Waals surface area contributed by atoms with Crippen LogP contribution in [0.1, 0.15) is 17.0 Å². The van der Waals surface area contributed by atoms with Crippen LogP contribution in [0.3, 0.4) is 0 Å². The highest BCUT2D eigenvalue weighted by Crippen LogP contribution is 2.19. The molecule has 8 heteroatoms. The van der Waals surface area contributed by atoms with Crippen molar-refractivity contribution in [2.75, 3.05) is 5.32 Å². The first-order valence-corrected chi connectivity index (χ1v) is 5.55. The molecule has 0 aromatic carbocycles. The Kier molecular flexibility index (Phi) is 3.44. The zero-order chi connectivity index (χ0) is 12.4. The predicted octanol–water partition coefficient (Wildman–Crippen LogP) is 2.40. The Morgan fingerprint density at radius 1 is 1.24 bits per heavy atom. The first kappa shape index (κ1) is 12.1. The van der Waals surface area contributed by atoms with E-state index in [0.717, 1.165) is 17.0 Å². The van der Waals surface area contributed by atoms with Gasteiger partial charge in [-0.25, -0.2) is 0 Å². The topological polar surface area (TPSA) is 76.7 Å². The van der Waals surface area contributed by atoms with E-state index in [1.165, 1.54) is 0 Å². The highest BCUT2D eigenvalue weighted by molar-refractivity contribution is 6.32. The van der Waals surface area contributed by atoms with Gasteiger partial charge in [0.2, 0.25) is 5.28 Å². The van der Waals surface area contributed by atoms with E-state index in [2.05, 4.69) is 25.7 Å². The molecule has 0 unspecified atom stereocenters. The van der Waals surface area contributed by atoms with Gasteiger partial charge in [-0.3, -0.25) is 0 Å². The highest BCUT2D eigenvalue weighted by Gasteiger charge is 2.11. The molecule has 2 aromatic rings. The van der Waals surface area contributed by atoms with Gasteiger partial charge in [0.25, 0.3) is 0 Å². The van der Waals surface area contributed by atoms with Crippen LogP contribution < -0.4 is 5.32 Å². The third-order valence-corrected chi connectivity index (χ3v) is 2.65. The Morgan fingerprint density at radius 2 is 2.00 bits per heavy atom. The Bertz CT molecular complexity index is 523. The van der Waals surface area contributed by atoms with Gasteiger partial charge in [-0.15, -0.1) is 10.2 Å². The third-order valence-electron chi connectivity index (χ3n) is 2.23. The first-order chi connectivity index (χ1) is 8.08. The lowest BCUT2D eigenvalue weighted by Crippen LogP contribution is -2.05. The maximum Gasteiger partial charge on any atom is 0.245 e. The van der Waals surface area contributed by atoms with Crippen LogP contribution in [0.2, 0.25) is 10.4 Å². The molecule has 2 heterocycles. The first-order valence-electron chi connectivity index (χ1n) is 4.79. The molecule has 1 N–H and O–H groups in total. The van der Waals surface area contributed by atoms with Gasteiger partial charge in [0.05, 0.1) is 5.69 Å². The predicted molar refractivity (Wildman–Crippen MR) is 63.2 cm³/mol. The Labute approximate surface area is 107 Å². The minimum absolute atomic E-state index is 0.0377. The maximum absolute atomic E-state index is 5.82. The van der Waals surface area contributed by atoms with Crippen molar-refractivity contribution in [1.29, 1.82) is 0 Å². The number of hydrogen-bond donors (Lipinski definition) is 1. The molecule has 0 bridgehead atoms. The zero-order valence-electron chi connectivity index (χ0n) is 9.16. The average molecular weight is 274 g/mol. The van der Waals surface area contributed by atoms with E-state index in [9.17, 15) is 0 Å². The zero-order valence-corrected chi connectivity index (χ0v) is 10.7. The van der Waals surface area contributed by atoms with Crippen molar-refractivity contribution in [2.45, 2.75) is 20.4 Å². The smallest absolute Gasteiger partial charge is 0.245 e. The number of nitrogens with one attached hydrogen (secondary N) is 1. The molecule has 0 aliphatic rings. The fourth-order valence-electron chi connectivity index (χ4n) is 1.33. The van der Waals surface area contributed by atoms with Gasteiger partial charge in [0, 0.05) is 12.1 Å². The van der Waals surface area contributed by atoms with E-state index >= 15 is 0 Å². The number of aryl methyl sites for hydroxylation is 2. The van der Waals surface area contributed by atoms with Crippen LogP contribution in [0.4, 0.5) is 5.82 Å². The van der Waals surface area contributed by atoms with Crippen LogP contribution in [-0.4, -0.2) is 20.3 Å². The number of nitrogens with zero attached hydrogens (tertiary/aromatic N) is 4. The summed E-state index contributed by atoms with van der Waals surface area (Å²) in [4.78, 5) is 3.93. The summed E-state index contributed by atoms with van der Waals surface area (Å²) in [6, 6.07) is 0. The van der Waals surface area contributed by atoms with E-state index < -0.39 is 0 Å². The number of hydrogen-bond acceptors (Lipinski definition) is 6. The molecule has 0 fully saturated rings. The largest absolute Gasteiger partial charge is 0.363 e. The number of halogens is 2. The molecule has 2 aromatic heterocycles. The molecule has 17 heavy (non-hydrogen) atoms. The fourth-order valence-corrected chi connectivity index (χ4v) is 1.60. The van der Waals surface area contributed by atoms with Crippen LogP contribution in [0.15, 0.2) is 4.52 Å². The van der Waals surface area contributed by atoms with Gasteiger partial charge in [0.15, 0.2) is 11.0 Å². The van der Waals surface area contributed by atoms with Crippen molar-refractivity contribution >= 4 is 29.0 Å². The van der Waals surface area contributed by atoms with Crippen molar-refractivity contribution in [3.05, 3.63) is 27.5 Å². The summed E-state index contributed by atoms with van der Waals surface area (Å²) < 4.78 is 5.04. The van der Waals surface area contributed by atoms with Crippen molar-refractivity contribution < 1.29 is 4.52 Å². The Morgan fingerprint density at radius 3 is 2.65 bits per heavy atom. The molecule has 0 saturated heterocycles. The van der Waals surface area contributed by atoms with Gasteiger partial charge >= 0.3 is 0 Å². The summed E-state index contributed by atoms with van der Waals surface area (Å²) in [7, 11) is 0. The maximum atomic E-state index is 5.82. The lowest BCUT2D eigenvalue weighted by atomic mass is 10.2. The molecule has 0 spiro atoms. The summed E-state index contributed by atoms with van der Waals surface area (Å²) in [5.74, 6) is 1.13. The van der Waals surface area contributed by atoms with E-state index in [-0.39, 0.29) is 10.4 Å². The standard InChI is InChI=1S/C9H9Cl2N5O/c1-4-6(5(2)17-16-4)3-12-8-7(10)14-15-9(11)13-8/h3H2,1-2H3,(H,12,13,15). The van der Waals surface area contributed by atoms with Gasteiger partial charge in [-0.1, -0.05) is 16.8 Å². The molecular weight excluding hydrogens is 265 g/mol. The molecule has 0 radical (unpaired) electrons. The van der Waals surface area contributed by atoms with Crippen LogP contribution >= 0.6 is 23.2 Å². The van der Waals surface area contributed by atoms with Crippen LogP contribution in [0.25, 0.3) is 0 Å². The Balaban J connectivity index is 2.15. The summed E-state index contributed by atoms with van der Waals surface area (Å²) in [5.41, 5.74) is 1.77. The number of aromatic nitrogens is 4. The SMILES string of the molecule is Cc1noc(C)c1CNc1nc(Cl)nnc1Cl. The normalized spacial score (nSPS) is 10.6. The van der Waals surface area contributed by atoms with Gasteiger partial charge in [-0.05, 0) is 25.4 Å². The van der Waals surface area contributed by atoms with E-state index in [1.54, 1.807) is 0 Å². The van der Waals surface area contributed by atoms with E-state index in [4.69, 9.17) is 27.7 Å². The summed E-state index contributed by atoms with van der Waals surface area (Å²) in [5, 5.41) is 14.2. The molecule has 6 nitrogen and oxygen atoms in total. The monoisotopic (exact) mass is 273 g/mol. The second-order valence-electron chi connectivity index (χ2n) is 3.38. The summed E-state index contributed by atoms with van der Waals surface area (Å²) in [6.45, 7) is 4.18. The second kappa shape index (κ2) is 4.85. The van der Waals surface area contributed by atoms with Gasteiger partial charge in [0.1, 0.15) is 5.76 Å². The van der Waals surface area contributed by atoms with Crippen molar-refractivity contribution in [3.63, 3.8) is 0 Å². The molecule has 0 atom stereocenters. The van der Waals surface area contributed by atoms with Crippen LogP contribution in [0, 0.1) is 13.8 Å². The number of anilines is 1. The van der Waals surface area contributed by atoms with Crippen molar-refractivity contribution in [2.24, 2.45) is 0 Å². The van der Waals surface area contributed by atoms with Crippen molar-refractivity contribution in [1.82, 2.24) is 20.3 Å². The summed E-state index contributed by atoms with van der Waals surface area (Å²) >= 11 is 11.4. The Hall–Kier alpha value is -1.40. The summed E-state index contributed by atoms with van der Waals surface area (Å²) in [6.07, 6.45) is 0. The fraction of sp³-hybridized carbons (Fsp3) is 0.333. The molecule has 0 aliphatic carbocycles. The molecule has 90 valence electrons. The van der Waals surface area contributed by atoms with E-state index in [1.807, 2.05) is 13.8 Å². The minimum Gasteiger partial charge on any atom is -0.363 e. The molecule has 0 amide bonds. The number of rotatable bonds is 3. The van der Waals surface area contributed by atoms with Crippen molar-refractivity contribution in [3.8, 4) is 0 Å². The quantitative estimate of drug-likeness (QED) is 0.926. The van der Waals surface area contributed by atoms with Crippen LogP contribution in [-0.2, 0) is 6.54 Å². The second-order valence-corrected chi connectivity index (χ2v) is 4.07. The third kappa shape index (κ3) is 2.65.